The van der Waals surface area contributed by atoms with Crippen LogP contribution in [0.2, 0.25) is 10.0 Å². The zero-order valence-corrected chi connectivity index (χ0v) is 15.4. The van der Waals surface area contributed by atoms with Crippen LogP contribution in [0.5, 0.6) is 0 Å². The molecule has 2 N–H and O–H groups in total. The van der Waals surface area contributed by atoms with Crippen LogP contribution in [0.25, 0.3) is 0 Å². The number of benzene rings is 2. The highest BCUT2D eigenvalue weighted by atomic mass is 35.5. The minimum atomic E-state index is 0.0939. The predicted molar refractivity (Wildman–Crippen MR) is 105 cm³/mol. The van der Waals surface area contributed by atoms with Crippen LogP contribution in [0.3, 0.4) is 0 Å². The van der Waals surface area contributed by atoms with Gasteiger partial charge in [0.15, 0.2) is 0 Å². The topological polar surface area (TPSA) is 49.8 Å². The fourth-order valence-electron chi connectivity index (χ4n) is 2.49. The van der Waals surface area contributed by atoms with Crippen molar-refractivity contribution in [2.45, 2.75) is 19.9 Å². The molecule has 4 nitrogen and oxygen atoms in total. The van der Waals surface area contributed by atoms with Gasteiger partial charge < -0.3 is 10.6 Å². The van der Waals surface area contributed by atoms with Gasteiger partial charge in [0.1, 0.15) is 5.82 Å². The van der Waals surface area contributed by atoms with Crippen LogP contribution in [0.1, 0.15) is 24.2 Å². The molecule has 0 aliphatic heterocycles. The number of hydrogen-bond acceptors (Lipinski definition) is 4. The highest BCUT2D eigenvalue weighted by Crippen LogP contribution is 2.25. The van der Waals surface area contributed by atoms with Crippen LogP contribution < -0.4 is 10.6 Å². The molecule has 0 saturated heterocycles. The zero-order valence-electron chi connectivity index (χ0n) is 13.9. The van der Waals surface area contributed by atoms with Crippen molar-refractivity contribution in [3.63, 3.8) is 0 Å². The van der Waals surface area contributed by atoms with Gasteiger partial charge in [-0.25, -0.2) is 4.98 Å². The van der Waals surface area contributed by atoms with Crippen molar-refractivity contribution >= 4 is 40.7 Å². The van der Waals surface area contributed by atoms with Crippen LogP contribution >= 0.6 is 23.2 Å². The van der Waals surface area contributed by atoms with Crippen LogP contribution in [0.15, 0.2) is 54.6 Å². The Morgan fingerprint density at radius 2 is 1.60 bits per heavy atom. The summed E-state index contributed by atoms with van der Waals surface area (Å²) >= 11 is 12.1. The first kappa shape index (κ1) is 17.5. The van der Waals surface area contributed by atoms with Gasteiger partial charge in [-0.2, -0.15) is 4.98 Å². The van der Waals surface area contributed by atoms with Crippen molar-refractivity contribution in [2.24, 2.45) is 0 Å². The Balaban J connectivity index is 1.80. The van der Waals surface area contributed by atoms with Crippen LogP contribution in [-0.4, -0.2) is 9.97 Å². The van der Waals surface area contributed by atoms with E-state index in [2.05, 4.69) is 39.7 Å². The number of aromatic nitrogens is 2. The summed E-state index contributed by atoms with van der Waals surface area (Å²) in [6.45, 7) is 4.00. The second-order valence-corrected chi connectivity index (χ2v) is 6.65. The Bertz CT molecular complexity index is 848. The Kier molecular flexibility index (Phi) is 5.41. The van der Waals surface area contributed by atoms with Crippen LogP contribution in [0.4, 0.5) is 17.5 Å². The average molecular weight is 373 g/mol. The van der Waals surface area contributed by atoms with Crippen LogP contribution in [0, 0.1) is 6.92 Å². The molecule has 1 atom stereocenters. The first-order valence-electron chi connectivity index (χ1n) is 7.90. The summed E-state index contributed by atoms with van der Waals surface area (Å²) < 4.78 is 0. The van der Waals surface area contributed by atoms with Crippen LogP contribution in [-0.2, 0) is 0 Å². The standard InChI is InChI=1S/C19H18Cl2N4/c1-12-8-18(24-17-10-15(20)9-16(21)11-17)25-19(22-12)23-13(2)14-6-4-3-5-7-14/h3-11,13H,1-2H3,(H2,22,23,24,25). The summed E-state index contributed by atoms with van der Waals surface area (Å²) in [6, 6.07) is 17.4. The van der Waals surface area contributed by atoms with Crippen molar-refractivity contribution < 1.29 is 0 Å². The fourth-order valence-corrected chi connectivity index (χ4v) is 3.02. The SMILES string of the molecule is Cc1cc(Nc2cc(Cl)cc(Cl)c2)nc(NC(C)c2ccccc2)n1. The Morgan fingerprint density at radius 1 is 0.920 bits per heavy atom. The molecule has 2 aromatic carbocycles. The molecule has 0 amide bonds. The highest BCUT2D eigenvalue weighted by Gasteiger charge is 2.09. The number of anilines is 3. The van der Waals surface area contributed by atoms with Gasteiger partial charge in [0.2, 0.25) is 5.95 Å². The fraction of sp³-hybridized carbons (Fsp3) is 0.158. The van der Waals surface area contributed by atoms with Gasteiger partial charge in [0, 0.05) is 27.5 Å². The van der Waals surface area contributed by atoms with E-state index < -0.39 is 0 Å². The molecule has 1 unspecified atom stereocenters. The van der Waals surface area contributed by atoms with Gasteiger partial charge in [0.05, 0.1) is 6.04 Å². The molecule has 6 heteroatoms. The summed E-state index contributed by atoms with van der Waals surface area (Å²) in [4.78, 5) is 9.00. The number of halogens is 2. The molecule has 1 aromatic heterocycles. The molecule has 3 rings (SSSR count). The average Bonchev–Trinajstić information content (AvgIpc) is 2.54. The first-order valence-corrected chi connectivity index (χ1v) is 8.65. The summed E-state index contributed by atoms with van der Waals surface area (Å²) in [7, 11) is 0. The molecule has 0 aliphatic carbocycles. The third kappa shape index (κ3) is 4.84. The monoisotopic (exact) mass is 372 g/mol. The minimum Gasteiger partial charge on any atom is -0.348 e. The molecule has 25 heavy (non-hydrogen) atoms. The van der Waals surface area contributed by atoms with Gasteiger partial charge in [-0.15, -0.1) is 0 Å². The van der Waals surface area contributed by atoms with Gasteiger partial charge in [0.25, 0.3) is 0 Å². The van der Waals surface area contributed by atoms with E-state index in [1.54, 1.807) is 18.2 Å². The number of nitrogens with one attached hydrogen (secondary N) is 2. The van der Waals surface area contributed by atoms with E-state index >= 15 is 0 Å². The highest BCUT2D eigenvalue weighted by molar-refractivity contribution is 6.35. The van der Waals surface area contributed by atoms with Crippen molar-refractivity contribution in [3.05, 3.63) is 75.9 Å². The van der Waals surface area contributed by atoms with Gasteiger partial charge in [-0.1, -0.05) is 53.5 Å². The summed E-state index contributed by atoms with van der Waals surface area (Å²) in [5, 5.41) is 7.69. The second kappa shape index (κ2) is 7.72. The van der Waals surface area contributed by atoms with Gasteiger partial charge in [-0.05, 0) is 37.6 Å². The van der Waals surface area contributed by atoms with Crippen molar-refractivity contribution in [2.75, 3.05) is 10.6 Å². The quantitative estimate of drug-likeness (QED) is 0.575. The summed E-state index contributed by atoms with van der Waals surface area (Å²) in [5.41, 5.74) is 2.80. The summed E-state index contributed by atoms with van der Waals surface area (Å²) in [6.07, 6.45) is 0. The van der Waals surface area contributed by atoms with E-state index in [-0.39, 0.29) is 6.04 Å². The third-order valence-electron chi connectivity index (χ3n) is 3.63. The Morgan fingerprint density at radius 3 is 2.28 bits per heavy atom. The lowest BCUT2D eigenvalue weighted by molar-refractivity contribution is 0.858. The maximum Gasteiger partial charge on any atom is 0.225 e. The maximum absolute atomic E-state index is 6.05. The molecule has 0 spiro atoms. The molecule has 0 radical (unpaired) electrons. The molecular weight excluding hydrogens is 355 g/mol. The first-order chi connectivity index (χ1) is 12.0. The second-order valence-electron chi connectivity index (χ2n) is 5.78. The zero-order chi connectivity index (χ0) is 17.8. The Labute approximate surface area is 157 Å². The lowest BCUT2D eigenvalue weighted by Crippen LogP contribution is -2.10. The number of rotatable bonds is 5. The molecule has 0 bridgehead atoms. The van der Waals surface area contributed by atoms with E-state index in [1.807, 2.05) is 31.2 Å². The normalized spacial score (nSPS) is 11.8. The lowest BCUT2D eigenvalue weighted by Gasteiger charge is -2.15. The number of aryl methyl sites for hydroxylation is 1. The van der Waals surface area contributed by atoms with E-state index in [0.717, 1.165) is 11.4 Å². The number of hydrogen-bond donors (Lipinski definition) is 2. The van der Waals surface area contributed by atoms with Crippen molar-refractivity contribution in [1.29, 1.82) is 0 Å². The lowest BCUT2D eigenvalue weighted by atomic mass is 10.1. The smallest absolute Gasteiger partial charge is 0.225 e. The molecule has 1 heterocycles. The maximum atomic E-state index is 6.05. The molecule has 0 saturated carbocycles. The molecule has 128 valence electrons. The minimum absolute atomic E-state index is 0.0939. The number of nitrogens with zero attached hydrogens (tertiary/aromatic N) is 2. The predicted octanol–water partition coefficient (Wildman–Crippen LogP) is 6.01. The largest absolute Gasteiger partial charge is 0.348 e. The van der Waals surface area contributed by atoms with E-state index in [0.29, 0.717) is 21.8 Å². The molecule has 0 aliphatic rings. The van der Waals surface area contributed by atoms with Gasteiger partial charge >= 0.3 is 0 Å². The van der Waals surface area contributed by atoms with E-state index in [4.69, 9.17) is 23.2 Å². The molecule has 0 fully saturated rings. The van der Waals surface area contributed by atoms with Crippen molar-refractivity contribution in [1.82, 2.24) is 9.97 Å². The van der Waals surface area contributed by atoms with Crippen molar-refractivity contribution in [3.8, 4) is 0 Å². The van der Waals surface area contributed by atoms with E-state index in [9.17, 15) is 0 Å². The Hall–Kier alpha value is -2.30. The van der Waals surface area contributed by atoms with E-state index in [1.165, 1.54) is 5.56 Å². The van der Waals surface area contributed by atoms with Gasteiger partial charge in [-0.3, -0.25) is 0 Å². The third-order valence-corrected chi connectivity index (χ3v) is 4.07. The molecule has 3 aromatic rings. The molecular formula is C19H18Cl2N4. The summed E-state index contributed by atoms with van der Waals surface area (Å²) in [5.74, 6) is 1.24.